The lowest BCUT2D eigenvalue weighted by atomic mass is 9.85. The van der Waals surface area contributed by atoms with Crippen molar-refractivity contribution in [2.45, 2.75) is 59.5 Å². The summed E-state index contributed by atoms with van der Waals surface area (Å²) in [5.74, 6) is -80.0. The van der Waals surface area contributed by atoms with E-state index in [1.54, 1.807) is 0 Å². The monoisotopic (exact) mass is 640 g/mol. The normalized spacial score (nSPS) is 15.8. The second-order valence-electron chi connectivity index (χ2n) is 7.46. The van der Waals surface area contributed by atoms with Crippen molar-refractivity contribution in [3.8, 4) is 0 Å². The number of nitrogens with zero attached hydrogens (tertiary/aromatic N) is 1. The zero-order valence-corrected chi connectivity index (χ0v) is 17.6. The number of hydrogen-bond donors (Lipinski definition) is 1. The van der Waals surface area contributed by atoms with Gasteiger partial charge in [-0.15, -0.1) is 0 Å². The Bertz CT molecular complexity index is 1120. The number of hydrogen-bond acceptors (Lipinski definition) is 2. The predicted molar refractivity (Wildman–Crippen MR) is 82.3 cm³/mol. The molecule has 0 saturated carbocycles. The lowest BCUT2D eigenvalue weighted by Crippen LogP contribution is -2.76. The Morgan fingerprint density at radius 1 is 0.525 bits per heavy atom. The lowest BCUT2D eigenvalue weighted by molar-refractivity contribution is -0.475. The standard InChI is InChI=1S/C16H5F21N2O/c17-7(18,5-3-4(6(38)40)1-2-39-5)8(19,20)9(21,22)10(23,24)11(25,26)12(27,28)13(29,30)14(31,32)15(33,34)16(35,36)37/h1-3H,(H2,38,40). The molecule has 0 aliphatic heterocycles. The molecule has 40 heavy (non-hydrogen) atoms. The van der Waals surface area contributed by atoms with Crippen LogP contribution in [0.5, 0.6) is 0 Å². The first-order valence-corrected chi connectivity index (χ1v) is 8.89. The van der Waals surface area contributed by atoms with Crippen LogP contribution in [0.4, 0.5) is 92.2 Å². The molecule has 0 aliphatic carbocycles. The van der Waals surface area contributed by atoms with Gasteiger partial charge in [0.1, 0.15) is 5.69 Å². The number of carbonyl (C=O) groups excluding carboxylic acids is 1. The van der Waals surface area contributed by atoms with Crippen molar-refractivity contribution in [2.24, 2.45) is 5.73 Å². The van der Waals surface area contributed by atoms with Crippen LogP contribution in [0, 0.1) is 0 Å². The van der Waals surface area contributed by atoms with Gasteiger partial charge in [-0.3, -0.25) is 9.78 Å². The van der Waals surface area contributed by atoms with Crippen LogP contribution >= 0.6 is 0 Å². The number of alkyl halides is 21. The van der Waals surface area contributed by atoms with Crippen LogP contribution in [0.2, 0.25) is 0 Å². The van der Waals surface area contributed by atoms with Crippen LogP contribution in [0.15, 0.2) is 18.3 Å². The number of aromatic nitrogens is 1. The van der Waals surface area contributed by atoms with Gasteiger partial charge < -0.3 is 5.73 Å². The van der Waals surface area contributed by atoms with E-state index in [0.717, 1.165) is 0 Å². The predicted octanol–water partition coefficient (Wildman–Crippen LogP) is 6.92. The molecule has 1 aromatic rings. The smallest absolute Gasteiger partial charge is 0.366 e. The maximum Gasteiger partial charge on any atom is 0.460 e. The SMILES string of the molecule is NC(=O)c1ccnc(C(F)(F)C(F)(F)C(F)(F)C(F)(F)C(F)(F)C(F)(F)C(F)(F)C(F)(F)C(F)(F)C(F)(F)F)c1. The molecule has 24 heteroatoms. The van der Waals surface area contributed by atoms with Gasteiger partial charge in [-0.1, -0.05) is 0 Å². The van der Waals surface area contributed by atoms with Crippen molar-refractivity contribution in [1.82, 2.24) is 4.98 Å². The molecule has 232 valence electrons. The topological polar surface area (TPSA) is 56.0 Å². The number of carbonyl (C=O) groups is 1. The number of rotatable bonds is 10. The number of halogens is 21. The minimum atomic E-state index is -9.25. The molecule has 0 aliphatic rings. The van der Waals surface area contributed by atoms with Gasteiger partial charge in [0, 0.05) is 11.8 Å². The van der Waals surface area contributed by atoms with Gasteiger partial charge in [0.2, 0.25) is 5.91 Å². The van der Waals surface area contributed by atoms with E-state index in [9.17, 15) is 97.0 Å². The maximum atomic E-state index is 14.1. The van der Waals surface area contributed by atoms with Gasteiger partial charge in [0.25, 0.3) is 0 Å². The molecule has 1 amide bonds. The molecule has 0 unspecified atom stereocenters. The Morgan fingerprint density at radius 2 is 0.825 bits per heavy atom. The molecule has 0 aromatic carbocycles. The molecule has 1 heterocycles. The fourth-order valence-corrected chi connectivity index (χ4v) is 2.47. The van der Waals surface area contributed by atoms with Gasteiger partial charge in [-0.05, 0) is 12.1 Å². The third kappa shape index (κ3) is 4.26. The number of nitrogens with two attached hydrogens (primary N) is 1. The fourth-order valence-electron chi connectivity index (χ4n) is 2.47. The highest BCUT2D eigenvalue weighted by atomic mass is 19.4. The van der Waals surface area contributed by atoms with E-state index in [-0.39, 0.29) is 12.3 Å². The average molecular weight is 640 g/mol. The highest BCUT2D eigenvalue weighted by Gasteiger charge is 2.98. The van der Waals surface area contributed by atoms with Gasteiger partial charge in [0.05, 0.1) is 0 Å². The summed E-state index contributed by atoms with van der Waals surface area (Å²) in [5.41, 5.74) is 0.259. The van der Waals surface area contributed by atoms with Crippen LogP contribution in [-0.4, -0.2) is 64.4 Å². The average Bonchev–Trinajstić information content (AvgIpc) is 2.77. The highest BCUT2D eigenvalue weighted by molar-refractivity contribution is 5.92. The first-order chi connectivity index (χ1) is 17.2. The molecule has 0 radical (unpaired) electrons. The molecule has 2 N–H and O–H groups in total. The summed E-state index contributed by atoms with van der Waals surface area (Å²) >= 11 is 0. The van der Waals surface area contributed by atoms with Crippen LogP contribution in [0.25, 0.3) is 0 Å². The van der Waals surface area contributed by atoms with Gasteiger partial charge in [-0.25, -0.2) is 0 Å². The quantitative estimate of drug-likeness (QED) is 0.283. The minimum absolute atomic E-state index is 0.137. The highest BCUT2D eigenvalue weighted by Crippen LogP contribution is 2.66. The molecule has 0 atom stereocenters. The van der Waals surface area contributed by atoms with E-state index in [1.807, 2.05) is 0 Å². The number of pyridine rings is 1. The Labute approximate surface area is 204 Å². The molecule has 0 saturated heterocycles. The number of primary amides is 1. The Kier molecular flexibility index (Phi) is 7.98. The Morgan fingerprint density at radius 3 is 1.12 bits per heavy atom. The third-order valence-corrected chi connectivity index (χ3v) is 4.88. The Balaban J connectivity index is 3.86. The zero-order chi connectivity index (χ0) is 32.6. The van der Waals surface area contributed by atoms with Crippen molar-refractivity contribution < 1.29 is 97.0 Å². The second kappa shape index (κ2) is 9.08. The van der Waals surface area contributed by atoms with Gasteiger partial charge in [0.15, 0.2) is 0 Å². The van der Waals surface area contributed by atoms with E-state index in [0.29, 0.717) is 0 Å². The molecular weight excluding hydrogens is 635 g/mol. The molecule has 1 aromatic heterocycles. The van der Waals surface area contributed by atoms with Crippen LogP contribution in [0.3, 0.4) is 0 Å². The molecular formula is C16H5F21N2O. The largest absolute Gasteiger partial charge is 0.460 e. The van der Waals surface area contributed by atoms with E-state index in [1.165, 1.54) is 0 Å². The summed E-state index contributed by atoms with van der Waals surface area (Å²) in [6, 6.07) is -0.383. The summed E-state index contributed by atoms with van der Waals surface area (Å²) in [7, 11) is 0. The van der Waals surface area contributed by atoms with Crippen molar-refractivity contribution in [1.29, 1.82) is 0 Å². The van der Waals surface area contributed by atoms with Crippen LogP contribution in [-0.2, 0) is 5.92 Å². The first-order valence-electron chi connectivity index (χ1n) is 8.89. The summed E-state index contributed by atoms with van der Waals surface area (Å²) in [5, 5.41) is 0. The third-order valence-electron chi connectivity index (χ3n) is 4.88. The van der Waals surface area contributed by atoms with Crippen molar-refractivity contribution in [2.75, 3.05) is 0 Å². The lowest BCUT2D eigenvalue weighted by Gasteiger charge is -2.44. The van der Waals surface area contributed by atoms with Gasteiger partial charge >= 0.3 is 59.5 Å². The second-order valence-corrected chi connectivity index (χ2v) is 7.46. The van der Waals surface area contributed by atoms with Crippen LogP contribution in [0.1, 0.15) is 16.1 Å². The van der Waals surface area contributed by atoms with Crippen LogP contribution < -0.4 is 5.73 Å². The van der Waals surface area contributed by atoms with E-state index >= 15 is 0 Å². The fraction of sp³-hybridized carbons (Fsp3) is 0.625. The molecule has 3 nitrogen and oxygen atoms in total. The van der Waals surface area contributed by atoms with Crippen molar-refractivity contribution in [3.05, 3.63) is 29.6 Å². The molecule has 0 bridgehead atoms. The summed E-state index contributed by atoms with van der Waals surface area (Å²) in [4.78, 5) is 13.1. The summed E-state index contributed by atoms with van der Waals surface area (Å²) in [6.07, 6.45) is -8.18. The van der Waals surface area contributed by atoms with E-state index in [2.05, 4.69) is 10.7 Å². The minimum Gasteiger partial charge on any atom is -0.366 e. The van der Waals surface area contributed by atoms with E-state index in [4.69, 9.17) is 0 Å². The Hall–Kier alpha value is -2.85. The molecule has 1 rings (SSSR count). The van der Waals surface area contributed by atoms with Crippen molar-refractivity contribution in [3.63, 3.8) is 0 Å². The van der Waals surface area contributed by atoms with Crippen molar-refractivity contribution >= 4 is 5.91 Å². The molecule has 0 spiro atoms. The zero-order valence-electron chi connectivity index (χ0n) is 17.6. The van der Waals surface area contributed by atoms with E-state index < -0.39 is 82.7 Å². The molecule has 0 fully saturated rings. The van der Waals surface area contributed by atoms with Gasteiger partial charge in [-0.2, -0.15) is 92.2 Å². The maximum absolute atomic E-state index is 14.1. The first kappa shape index (κ1) is 35.2. The number of amides is 1. The summed E-state index contributed by atoms with van der Waals surface area (Å²) < 4.78 is 281. The summed E-state index contributed by atoms with van der Waals surface area (Å²) in [6.45, 7) is 0.